The average Bonchev–Trinajstić information content (AvgIpc) is 3.27. The van der Waals surface area contributed by atoms with E-state index in [-0.39, 0.29) is 30.1 Å². The van der Waals surface area contributed by atoms with Gasteiger partial charge in [-0.2, -0.15) is 0 Å². The van der Waals surface area contributed by atoms with E-state index in [1.807, 2.05) is 17.5 Å². The summed E-state index contributed by atoms with van der Waals surface area (Å²) in [6.45, 7) is -0.00575. The lowest BCUT2D eigenvalue weighted by Gasteiger charge is -2.29. The van der Waals surface area contributed by atoms with Gasteiger partial charge in [0.15, 0.2) is 0 Å². The van der Waals surface area contributed by atoms with E-state index in [0.29, 0.717) is 11.3 Å². The molecule has 1 atom stereocenters. The number of thiophene rings is 1. The second kappa shape index (κ2) is 5.45. The molecule has 118 valence electrons. The van der Waals surface area contributed by atoms with Crippen molar-refractivity contribution in [1.82, 2.24) is 4.90 Å². The maximum atomic E-state index is 13.8. The Morgan fingerprint density at radius 3 is 2.83 bits per heavy atom. The Labute approximate surface area is 136 Å². The highest BCUT2D eigenvalue weighted by Crippen LogP contribution is 2.41. The summed E-state index contributed by atoms with van der Waals surface area (Å²) in [5.74, 6) is -0.637. The highest BCUT2D eigenvalue weighted by Gasteiger charge is 2.40. The van der Waals surface area contributed by atoms with Gasteiger partial charge in [-0.25, -0.2) is 4.39 Å². The van der Waals surface area contributed by atoms with Crippen LogP contribution in [0.2, 0.25) is 0 Å². The zero-order valence-corrected chi connectivity index (χ0v) is 13.1. The fourth-order valence-electron chi connectivity index (χ4n) is 3.00. The molecular formula is C17H15FN2O2S. The number of nitrogens with one attached hydrogen (secondary N) is 1. The number of hydrogen-bond acceptors (Lipinski definition) is 3. The van der Waals surface area contributed by atoms with Crippen LogP contribution in [0.4, 0.5) is 10.1 Å². The molecule has 2 aliphatic rings. The number of amides is 2. The Kier molecular flexibility index (Phi) is 3.41. The molecule has 0 radical (unpaired) electrons. The van der Waals surface area contributed by atoms with Crippen molar-refractivity contribution >= 4 is 28.8 Å². The van der Waals surface area contributed by atoms with Crippen LogP contribution in [-0.2, 0) is 9.59 Å². The molecule has 1 aliphatic carbocycles. The van der Waals surface area contributed by atoms with E-state index in [4.69, 9.17) is 0 Å². The molecule has 1 aliphatic heterocycles. The van der Waals surface area contributed by atoms with Gasteiger partial charge < -0.3 is 10.2 Å². The Bertz CT molecular complexity index is 771. The topological polar surface area (TPSA) is 49.4 Å². The zero-order chi connectivity index (χ0) is 16.0. The summed E-state index contributed by atoms with van der Waals surface area (Å²) < 4.78 is 13.8. The summed E-state index contributed by atoms with van der Waals surface area (Å²) in [5.41, 5.74) is 1.20. The molecule has 4 rings (SSSR count). The number of benzene rings is 1. The van der Waals surface area contributed by atoms with Crippen LogP contribution in [0.15, 0.2) is 35.7 Å². The fraction of sp³-hybridized carbons (Fsp3) is 0.294. The third kappa shape index (κ3) is 2.63. The maximum absolute atomic E-state index is 13.8. The Morgan fingerprint density at radius 1 is 1.30 bits per heavy atom. The van der Waals surface area contributed by atoms with Gasteiger partial charge in [-0.1, -0.05) is 6.07 Å². The van der Waals surface area contributed by atoms with E-state index in [2.05, 4.69) is 5.32 Å². The number of anilines is 1. The van der Waals surface area contributed by atoms with Crippen molar-refractivity contribution in [2.75, 3.05) is 11.9 Å². The summed E-state index contributed by atoms with van der Waals surface area (Å²) in [4.78, 5) is 27.5. The predicted octanol–water partition coefficient (Wildman–Crippen LogP) is 3.17. The van der Waals surface area contributed by atoms with E-state index in [9.17, 15) is 14.0 Å². The van der Waals surface area contributed by atoms with E-state index in [0.717, 1.165) is 17.7 Å². The van der Waals surface area contributed by atoms with Gasteiger partial charge in [-0.15, -0.1) is 11.3 Å². The molecule has 1 aromatic heterocycles. The predicted molar refractivity (Wildman–Crippen MR) is 85.6 cm³/mol. The van der Waals surface area contributed by atoms with Gasteiger partial charge >= 0.3 is 0 Å². The molecule has 1 saturated carbocycles. The van der Waals surface area contributed by atoms with Gasteiger partial charge in [0.2, 0.25) is 11.8 Å². The number of carbonyl (C=O) groups excluding carboxylic acids is 2. The molecule has 2 heterocycles. The minimum atomic E-state index is -0.423. The van der Waals surface area contributed by atoms with E-state index >= 15 is 0 Å². The van der Waals surface area contributed by atoms with E-state index < -0.39 is 6.04 Å². The van der Waals surface area contributed by atoms with Crippen LogP contribution in [-0.4, -0.2) is 23.3 Å². The van der Waals surface area contributed by atoms with Gasteiger partial charge in [-0.3, -0.25) is 9.59 Å². The number of nitrogens with zero attached hydrogens (tertiary/aromatic N) is 1. The number of carbonyl (C=O) groups is 2. The molecule has 0 spiro atoms. The molecule has 1 N–H and O–H groups in total. The first-order valence-corrected chi connectivity index (χ1v) is 8.44. The summed E-state index contributed by atoms with van der Waals surface area (Å²) in [5, 5.41) is 4.72. The molecule has 1 fully saturated rings. The van der Waals surface area contributed by atoms with Gasteiger partial charge in [0.25, 0.3) is 0 Å². The van der Waals surface area contributed by atoms with Crippen molar-refractivity contribution in [2.45, 2.75) is 18.9 Å². The number of halogens is 1. The van der Waals surface area contributed by atoms with Crippen LogP contribution in [0.5, 0.6) is 0 Å². The summed E-state index contributed by atoms with van der Waals surface area (Å²) in [6.07, 6.45) is 1.73. The van der Waals surface area contributed by atoms with Gasteiger partial charge in [0.1, 0.15) is 12.4 Å². The Hall–Kier alpha value is -2.21. The molecule has 0 bridgehead atoms. The zero-order valence-electron chi connectivity index (χ0n) is 12.3. The van der Waals surface area contributed by atoms with Crippen molar-refractivity contribution < 1.29 is 14.0 Å². The van der Waals surface area contributed by atoms with Crippen molar-refractivity contribution in [2.24, 2.45) is 5.92 Å². The van der Waals surface area contributed by atoms with Crippen molar-refractivity contribution in [3.63, 3.8) is 0 Å². The number of hydrogen-bond donors (Lipinski definition) is 1. The summed E-state index contributed by atoms with van der Waals surface area (Å²) in [7, 11) is 0. The van der Waals surface area contributed by atoms with Gasteiger partial charge in [-0.05, 0) is 42.5 Å². The number of fused-ring (bicyclic) bond motifs is 1. The lowest BCUT2D eigenvalue weighted by molar-refractivity contribution is -0.137. The van der Waals surface area contributed by atoms with Crippen LogP contribution < -0.4 is 5.32 Å². The summed E-state index contributed by atoms with van der Waals surface area (Å²) in [6, 6.07) is 7.70. The fourth-order valence-corrected chi connectivity index (χ4v) is 3.86. The maximum Gasteiger partial charge on any atom is 0.244 e. The molecule has 4 nitrogen and oxygen atoms in total. The quantitative estimate of drug-likeness (QED) is 0.919. The van der Waals surface area contributed by atoms with Crippen LogP contribution in [0, 0.1) is 11.7 Å². The third-order valence-corrected chi connectivity index (χ3v) is 5.15. The van der Waals surface area contributed by atoms with Crippen LogP contribution in [0.3, 0.4) is 0 Å². The van der Waals surface area contributed by atoms with Gasteiger partial charge in [0.05, 0.1) is 6.04 Å². The molecule has 23 heavy (non-hydrogen) atoms. The highest BCUT2D eigenvalue weighted by molar-refractivity contribution is 7.10. The van der Waals surface area contributed by atoms with Crippen molar-refractivity contribution in [3.8, 4) is 0 Å². The van der Waals surface area contributed by atoms with Crippen molar-refractivity contribution in [3.05, 3.63) is 52.0 Å². The second-order valence-electron chi connectivity index (χ2n) is 5.94. The Morgan fingerprint density at radius 2 is 2.13 bits per heavy atom. The SMILES string of the molecule is O=C1CN(C(=O)C2CC2)C(c2cccs2)c2cc(F)ccc2N1. The average molecular weight is 330 g/mol. The number of rotatable bonds is 2. The monoisotopic (exact) mass is 330 g/mol. The molecule has 2 aromatic rings. The van der Waals surface area contributed by atoms with Gasteiger partial charge in [0, 0.05) is 22.0 Å². The molecule has 6 heteroatoms. The van der Waals surface area contributed by atoms with Crippen LogP contribution in [0.1, 0.15) is 29.3 Å². The standard InChI is InChI=1S/C17H15FN2O2S/c18-11-5-6-13-12(8-11)16(14-2-1-7-23-14)20(9-15(21)19-13)17(22)10-3-4-10/h1-2,5-8,10,16H,3-4,9H2,(H,19,21). The molecule has 1 aromatic carbocycles. The van der Waals surface area contributed by atoms with E-state index in [1.54, 1.807) is 11.0 Å². The normalized spacial score (nSPS) is 20.7. The third-order valence-electron chi connectivity index (χ3n) is 4.23. The molecule has 0 saturated heterocycles. The molecule has 1 unspecified atom stereocenters. The lowest BCUT2D eigenvalue weighted by Crippen LogP contribution is -2.39. The van der Waals surface area contributed by atoms with Crippen LogP contribution >= 0.6 is 11.3 Å². The Balaban J connectivity index is 1.87. The smallest absolute Gasteiger partial charge is 0.244 e. The lowest BCUT2D eigenvalue weighted by atomic mass is 10.0. The van der Waals surface area contributed by atoms with E-state index in [1.165, 1.54) is 23.5 Å². The highest BCUT2D eigenvalue weighted by atomic mass is 32.1. The van der Waals surface area contributed by atoms with Crippen molar-refractivity contribution in [1.29, 1.82) is 0 Å². The largest absolute Gasteiger partial charge is 0.324 e. The minimum Gasteiger partial charge on any atom is -0.324 e. The second-order valence-corrected chi connectivity index (χ2v) is 6.92. The molecular weight excluding hydrogens is 315 g/mol. The van der Waals surface area contributed by atoms with Crippen LogP contribution in [0.25, 0.3) is 0 Å². The first-order chi connectivity index (χ1) is 11.1. The molecule has 2 amide bonds. The first-order valence-electron chi connectivity index (χ1n) is 7.56. The summed E-state index contributed by atoms with van der Waals surface area (Å²) >= 11 is 1.51. The minimum absolute atomic E-state index is 0.000344. The first kappa shape index (κ1) is 14.4.